The number of hydroxylamine groups is 3. The lowest BCUT2D eigenvalue weighted by Gasteiger charge is -2.29. The summed E-state index contributed by atoms with van der Waals surface area (Å²) in [6.45, 7) is 4.88. The van der Waals surface area contributed by atoms with Gasteiger partial charge < -0.3 is 15.1 Å². The average Bonchev–Trinajstić information content (AvgIpc) is 3.26. The first-order valence-electron chi connectivity index (χ1n) is 10.9. The van der Waals surface area contributed by atoms with Crippen LogP contribution >= 0.6 is 0 Å². The van der Waals surface area contributed by atoms with Crippen LogP contribution < -0.4 is 10.8 Å². The van der Waals surface area contributed by atoms with Crippen LogP contribution in [-0.4, -0.2) is 97.2 Å². The predicted octanol–water partition coefficient (Wildman–Crippen LogP) is -0.499. The molecular weight excluding hydrogens is 430 g/mol. The summed E-state index contributed by atoms with van der Waals surface area (Å²) in [5.41, 5.74) is 2.43. The van der Waals surface area contributed by atoms with Crippen molar-refractivity contribution < 1.29 is 31.7 Å². The normalized spacial score (nSPS) is 32.0. The third-order valence-corrected chi connectivity index (χ3v) is 6.88. The topological polar surface area (TPSA) is 141 Å². The van der Waals surface area contributed by atoms with E-state index in [9.17, 15) is 18.0 Å². The molecule has 176 valence electrons. The molecule has 13 heteroatoms. The van der Waals surface area contributed by atoms with E-state index in [4.69, 9.17) is 9.39 Å². The summed E-state index contributed by atoms with van der Waals surface area (Å²) < 4.78 is 35.1. The van der Waals surface area contributed by atoms with Gasteiger partial charge in [0.2, 0.25) is 0 Å². The third kappa shape index (κ3) is 5.65. The Morgan fingerprint density at radius 2 is 2.00 bits per heavy atom. The first-order valence-corrected chi connectivity index (χ1v) is 12.3. The molecule has 4 saturated heterocycles. The van der Waals surface area contributed by atoms with Gasteiger partial charge in [-0.15, -0.1) is 4.28 Å². The van der Waals surface area contributed by atoms with Crippen molar-refractivity contribution in [2.75, 3.05) is 39.3 Å². The summed E-state index contributed by atoms with van der Waals surface area (Å²) >= 11 is 0. The molecule has 3 N–H and O–H groups in total. The predicted molar refractivity (Wildman–Crippen MR) is 108 cm³/mol. The number of hydrogen-bond acceptors (Lipinski definition) is 8. The Morgan fingerprint density at radius 3 is 2.74 bits per heavy atom. The maximum Gasteiger partial charge on any atom is 0.418 e. The van der Waals surface area contributed by atoms with Gasteiger partial charge in [0, 0.05) is 19.1 Å². The van der Waals surface area contributed by atoms with Crippen molar-refractivity contribution in [2.24, 2.45) is 5.92 Å². The number of nitrogens with one attached hydrogen (secondary N) is 2. The lowest BCUT2D eigenvalue weighted by atomic mass is 10.0. The van der Waals surface area contributed by atoms with E-state index in [1.807, 2.05) is 0 Å². The highest BCUT2D eigenvalue weighted by molar-refractivity contribution is 7.80. The largest absolute Gasteiger partial charge is 0.418 e. The minimum Gasteiger partial charge on any atom is -0.311 e. The fraction of sp³-hybridized carbons (Fsp3) is 0.889. The van der Waals surface area contributed by atoms with Crippen LogP contribution in [0.2, 0.25) is 0 Å². The highest BCUT2D eigenvalue weighted by Gasteiger charge is 2.49. The molecular formula is C18H31N5O7S. The molecule has 0 aromatic rings. The molecule has 4 atom stereocenters. The highest BCUT2D eigenvalue weighted by Crippen LogP contribution is 2.30. The van der Waals surface area contributed by atoms with E-state index in [0.717, 1.165) is 19.5 Å². The van der Waals surface area contributed by atoms with E-state index in [2.05, 4.69) is 20.0 Å². The number of likely N-dealkylation sites (tertiary alicyclic amines) is 1. The molecule has 4 heterocycles. The molecule has 0 aliphatic carbocycles. The minimum absolute atomic E-state index is 0.148. The van der Waals surface area contributed by atoms with Gasteiger partial charge in [-0.05, 0) is 57.7 Å². The Balaban J connectivity index is 1.19. The Bertz CT molecular complexity index is 775. The SMILES string of the molecule is O=C(NOC[C@@H]1C[C@H](CN2CCCCC2)CN1)C1CCC2CN1C(=O)N2OS(=O)(=O)O. The molecule has 0 aromatic carbocycles. The van der Waals surface area contributed by atoms with Crippen molar-refractivity contribution in [3.63, 3.8) is 0 Å². The van der Waals surface area contributed by atoms with Crippen LogP contribution in [0.15, 0.2) is 0 Å². The first kappa shape index (κ1) is 22.7. The summed E-state index contributed by atoms with van der Waals surface area (Å²) in [6.07, 6.45) is 5.59. The average molecular weight is 462 g/mol. The number of amides is 3. The number of fused-ring (bicyclic) bond motifs is 2. The smallest absolute Gasteiger partial charge is 0.311 e. The van der Waals surface area contributed by atoms with Crippen molar-refractivity contribution in [3.05, 3.63) is 0 Å². The number of piperidine rings is 2. The van der Waals surface area contributed by atoms with Crippen LogP contribution in [0, 0.1) is 5.92 Å². The van der Waals surface area contributed by atoms with Gasteiger partial charge in [0.25, 0.3) is 5.91 Å². The molecule has 3 amide bonds. The molecule has 4 fully saturated rings. The Kier molecular flexibility index (Phi) is 6.98. The van der Waals surface area contributed by atoms with Gasteiger partial charge in [-0.3, -0.25) is 14.2 Å². The fourth-order valence-electron chi connectivity index (χ4n) is 5.06. The first-order chi connectivity index (χ1) is 14.8. The summed E-state index contributed by atoms with van der Waals surface area (Å²) in [7, 11) is -4.81. The van der Waals surface area contributed by atoms with E-state index in [0.29, 0.717) is 30.4 Å². The Labute approximate surface area is 182 Å². The van der Waals surface area contributed by atoms with Crippen molar-refractivity contribution in [1.29, 1.82) is 0 Å². The Morgan fingerprint density at radius 1 is 1.23 bits per heavy atom. The summed E-state index contributed by atoms with van der Waals surface area (Å²) in [5, 5.41) is 4.06. The molecule has 0 radical (unpaired) electrons. The standard InChI is InChI=1S/C18H31N5O7S/c24-17(16-5-4-15-11-22(16)18(25)23(15)30-31(26,27)28)20-29-12-14-8-13(9-19-14)10-21-6-2-1-3-7-21/h13-16,19H,1-12H2,(H,20,24)(H,26,27,28)/t13-,14-,15?,16?/m0/s1. The number of hydrogen-bond donors (Lipinski definition) is 3. The molecule has 4 aliphatic heterocycles. The van der Waals surface area contributed by atoms with E-state index < -0.39 is 34.4 Å². The van der Waals surface area contributed by atoms with Crippen LogP contribution in [0.5, 0.6) is 0 Å². The van der Waals surface area contributed by atoms with Crippen molar-refractivity contribution in [3.8, 4) is 0 Å². The zero-order valence-corrected chi connectivity index (χ0v) is 18.3. The van der Waals surface area contributed by atoms with Gasteiger partial charge in [0.1, 0.15) is 6.04 Å². The number of urea groups is 1. The van der Waals surface area contributed by atoms with Crippen molar-refractivity contribution in [2.45, 2.75) is 56.7 Å². The van der Waals surface area contributed by atoms with Crippen LogP contribution in [0.1, 0.15) is 38.5 Å². The maximum absolute atomic E-state index is 12.5. The quantitative estimate of drug-likeness (QED) is 0.322. The zero-order chi connectivity index (χ0) is 22.0. The molecule has 2 bridgehead atoms. The van der Waals surface area contributed by atoms with Gasteiger partial charge in [-0.2, -0.15) is 13.5 Å². The van der Waals surface area contributed by atoms with Crippen LogP contribution in [0.25, 0.3) is 0 Å². The van der Waals surface area contributed by atoms with Crippen molar-refractivity contribution in [1.82, 2.24) is 25.7 Å². The van der Waals surface area contributed by atoms with E-state index in [-0.39, 0.29) is 12.6 Å². The van der Waals surface area contributed by atoms with E-state index in [1.54, 1.807) is 0 Å². The number of rotatable bonds is 8. The van der Waals surface area contributed by atoms with Crippen LogP contribution in [-0.2, 0) is 24.3 Å². The lowest BCUT2D eigenvalue weighted by Crippen LogP contribution is -2.50. The molecule has 31 heavy (non-hydrogen) atoms. The van der Waals surface area contributed by atoms with Crippen LogP contribution in [0.3, 0.4) is 0 Å². The Hall–Kier alpha value is -1.51. The summed E-state index contributed by atoms with van der Waals surface area (Å²) in [4.78, 5) is 34.1. The number of nitrogens with zero attached hydrogens (tertiary/aromatic N) is 3. The van der Waals surface area contributed by atoms with Crippen LogP contribution in [0.4, 0.5) is 4.79 Å². The van der Waals surface area contributed by atoms with E-state index in [1.165, 1.54) is 37.3 Å². The molecule has 0 saturated carbocycles. The number of carbonyl (C=O) groups excluding carboxylic acids is 2. The van der Waals surface area contributed by atoms with Gasteiger partial charge in [-0.25, -0.2) is 10.3 Å². The monoisotopic (exact) mass is 461 g/mol. The van der Waals surface area contributed by atoms with Gasteiger partial charge in [-0.1, -0.05) is 6.42 Å². The van der Waals surface area contributed by atoms with E-state index >= 15 is 0 Å². The molecule has 2 unspecified atom stereocenters. The lowest BCUT2D eigenvalue weighted by molar-refractivity contribution is -0.139. The second-order valence-corrected chi connectivity index (χ2v) is 9.86. The third-order valence-electron chi connectivity index (χ3n) is 6.54. The summed E-state index contributed by atoms with van der Waals surface area (Å²) in [5.74, 6) is 0.122. The van der Waals surface area contributed by atoms with Gasteiger partial charge >= 0.3 is 16.4 Å². The van der Waals surface area contributed by atoms with Crippen molar-refractivity contribution >= 4 is 22.3 Å². The minimum atomic E-state index is -4.81. The fourth-order valence-corrected chi connectivity index (χ4v) is 5.45. The molecule has 0 spiro atoms. The van der Waals surface area contributed by atoms with Gasteiger partial charge in [0.05, 0.1) is 12.6 Å². The van der Waals surface area contributed by atoms with Gasteiger partial charge in [0.15, 0.2) is 0 Å². The second-order valence-electron chi connectivity index (χ2n) is 8.86. The molecule has 12 nitrogen and oxygen atoms in total. The molecule has 0 aromatic heterocycles. The highest BCUT2D eigenvalue weighted by atomic mass is 32.3. The molecule has 4 rings (SSSR count). The number of carbonyl (C=O) groups is 2. The second kappa shape index (κ2) is 9.55. The molecule has 4 aliphatic rings. The zero-order valence-electron chi connectivity index (χ0n) is 17.4. The summed E-state index contributed by atoms with van der Waals surface area (Å²) in [6, 6.07) is -1.91. The maximum atomic E-state index is 12.5.